The van der Waals surface area contributed by atoms with Crippen LogP contribution in [0.4, 0.5) is 17.1 Å². The molecule has 3 aromatic carbocycles. The van der Waals surface area contributed by atoms with Gasteiger partial charge in [0.2, 0.25) is 0 Å². The molecule has 0 unspecified atom stereocenters. The number of para-hydroxylation sites is 1. The van der Waals surface area contributed by atoms with Crippen LogP contribution in [-0.2, 0) is 9.59 Å². The van der Waals surface area contributed by atoms with Crippen LogP contribution in [-0.4, -0.2) is 17.7 Å². The fraction of sp³-hybridized carbons (Fsp3) is 0.0800. The summed E-state index contributed by atoms with van der Waals surface area (Å²) in [7, 11) is 0. The maximum absolute atomic E-state index is 13.0. The van der Waals surface area contributed by atoms with Gasteiger partial charge >= 0.3 is 0 Å². The van der Waals surface area contributed by atoms with Crippen molar-refractivity contribution < 1.29 is 14.4 Å². The summed E-state index contributed by atoms with van der Waals surface area (Å²) >= 11 is 8.43. The highest BCUT2D eigenvalue weighted by atomic mass is 127. The average molecular weight is 572 g/mol. The van der Waals surface area contributed by atoms with Crippen LogP contribution in [0.25, 0.3) is 0 Å². The summed E-state index contributed by atoms with van der Waals surface area (Å²) in [5.41, 5.74) is 3.95. The van der Waals surface area contributed by atoms with Crippen LogP contribution in [0.1, 0.15) is 21.5 Å². The van der Waals surface area contributed by atoms with Gasteiger partial charge in [0, 0.05) is 20.5 Å². The number of amides is 3. The van der Waals surface area contributed by atoms with E-state index >= 15 is 0 Å². The van der Waals surface area contributed by atoms with Gasteiger partial charge in [0.15, 0.2) is 0 Å². The molecule has 1 aliphatic rings. The third-order valence-electron chi connectivity index (χ3n) is 5.24. The van der Waals surface area contributed by atoms with Crippen LogP contribution in [0.5, 0.6) is 0 Å². The van der Waals surface area contributed by atoms with Gasteiger partial charge in [0.25, 0.3) is 17.7 Å². The summed E-state index contributed by atoms with van der Waals surface area (Å²) in [5, 5.41) is 5.64. The summed E-state index contributed by atoms with van der Waals surface area (Å²) in [6.07, 6.45) is 0. The quantitative estimate of drug-likeness (QED) is 0.309. The maximum Gasteiger partial charge on any atom is 0.283 e. The molecule has 0 fully saturated rings. The molecule has 1 heterocycles. The Morgan fingerprint density at radius 1 is 0.909 bits per heavy atom. The van der Waals surface area contributed by atoms with Crippen LogP contribution in [0.2, 0.25) is 0 Å². The van der Waals surface area contributed by atoms with Gasteiger partial charge in [0.1, 0.15) is 10.7 Å². The summed E-state index contributed by atoms with van der Waals surface area (Å²) in [6.45, 7) is 3.75. The van der Waals surface area contributed by atoms with Crippen molar-refractivity contribution in [3.05, 3.63) is 97.7 Å². The SMILES string of the molecule is Cc1cc(I)ccc1NC(=O)c1ccc(NC2=C(Cl)C(=O)N(c3ccccc3C)C2=O)cc1. The van der Waals surface area contributed by atoms with Gasteiger partial charge in [-0.05, 0) is 96.1 Å². The van der Waals surface area contributed by atoms with E-state index in [-0.39, 0.29) is 16.6 Å². The number of carbonyl (C=O) groups is 3. The molecule has 2 N–H and O–H groups in total. The van der Waals surface area contributed by atoms with Crippen LogP contribution >= 0.6 is 34.2 Å². The van der Waals surface area contributed by atoms with E-state index in [1.165, 1.54) is 0 Å². The molecule has 0 atom stereocenters. The summed E-state index contributed by atoms with van der Waals surface area (Å²) in [5.74, 6) is -1.36. The second-order valence-corrected chi connectivity index (χ2v) is 9.16. The number of halogens is 2. The van der Waals surface area contributed by atoms with Gasteiger partial charge in [-0.3, -0.25) is 14.4 Å². The first-order valence-electron chi connectivity index (χ1n) is 10.0. The zero-order chi connectivity index (χ0) is 23.7. The molecule has 0 saturated heterocycles. The molecular formula is C25H19ClIN3O3. The van der Waals surface area contributed by atoms with Crippen molar-refractivity contribution in [3.63, 3.8) is 0 Å². The van der Waals surface area contributed by atoms with Crippen molar-refractivity contribution in [1.82, 2.24) is 0 Å². The topological polar surface area (TPSA) is 78.5 Å². The van der Waals surface area contributed by atoms with Gasteiger partial charge < -0.3 is 10.6 Å². The van der Waals surface area contributed by atoms with Crippen molar-refractivity contribution >= 4 is 69.0 Å². The molecular weight excluding hydrogens is 553 g/mol. The first-order chi connectivity index (χ1) is 15.8. The smallest absolute Gasteiger partial charge is 0.283 e. The lowest BCUT2D eigenvalue weighted by molar-refractivity contribution is -0.120. The number of rotatable bonds is 5. The number of hydrogen-bond donors (Lipinski definition) is 2. The molecule has 8 heteroatoms. The van der Waals surface area contributed by atoms with E-state index in [9.17, 15) is 14.4 Å². The molecule has 33 heavy (non-hydrogen) atoms. The largest absolute Gasteiger partial charge is 0.350 e. The lowest BCUT2D eigenvalue weighted by atomic mass is 10.1. The highest BCUT2D eigenvalue weighted by Gasteiger charge is 2.39. The Balaban J connectivity index is 1.49. The van der Waals surface area contributed by atoms with Crippen LogP contribution in [0.15, 0.2) is 77.5 Å². The molecule has 0 bridgehead atoms. The predicted octanol–water partition coefficient (Wildman–Crippen LogP) is 5.60. The monoisotopic (exact) mass is 571 g/mol. The third-order valence-corrected chi connectivity index (χ3v) is 6.26. The van der Waals surface area contributed by atoms with E-state index in [2.05, 4.69) is 33.2 Å². The van der Waals surface area contributed by atoms with Crippen molar-refractivity contribution in [2.45, 2.75) is 13.8 Å². The van der Waals surface area contributed by atoms with Gasteiger partial charge in [-0.15, -0.1) is 0 Å². The molecule has 0 aromatic heterocycles. The maximum atomic E-state index is 13.0. The Labute approximate surface area is 209 Å². The average Bonchev–Trinajstić information content (AvgIpc) is 3.00. The lowest BCUT2D eigenvalue weighted by Crippen LogP contribution is -2.32. The second kappa shape index (κ2) is 9.36. The minimum absolute atomic E-state index is 0.00312. The number of anilines is 3. The molecule has 0 saturated carbocycles. The fourth-order valence-corrected chi connectivity index (χ4v) is 4.32. The van der Waals surface area contributed by atoms with Crippen molar-refractivity contribution in [1.29, 1.82) is 0 Å². The molecule has 3 amide bonds. The van der Waals surface area contributed by atoms with Crippen LogP contribution in [0, 0.1) is 17.4 Å². The van der Waals surface area contributed by atoms with E-state index in [0.29, 0.717) is 16.9 Å². The number of nitrogens with zero attached hydrogens (tertiary/aromatic N) is 1. The first kappa shape index (κ1) is 23.0. The van der Waals surface area contributed by atoms with E-state index in [0.717, 1.165) is 25.3 Å². The van der Waals surface area contributed by atoms with Crippen LogP contribution in [0.3, 0.4) is 0 Å². The predicted molar refractivity (Wildman–Crippen MR) is 138 cm³/mol. The number of imide groups is 1. The molecule has 3 aromatic rings. The van der Waals surface area contributed by atoms with Crippen molar-refractivity contribution in [2.75, 3.05) is 15.5 Å². The Morgan fingerprint density at radius 2 is 1.61 bits per heavy atom. The normalized spacial score (nSPS) is 13.5. The zero-order valence-corrected chi connectivity index (χ0v) is 20.7. The molecule has 0 spiro atoms. The number of nitrogens with one attached hydrogen (secondary N) is 2. The minimum atomic E-state index is -0.581. The van der Waals surface area contributed by atoms with Crippen molar-refractivity contribution in [3.8, 4) is 0 Å². The number of hydrogen-bond acceptors (Lipinski definition) is 4. The molecule has 0 radical (unpaired) electrons. The highest BCUT2D eigenvalue weighted by Crippen LogP contribution is 2.31. The first-order valence-corrected chi connectivity index (χ1v) is 11.5. The molecule has 1 aliphatic heterocycles. The Bertz CT molecular complexity index is 1320. The molecule has 0 aliphatic carbocycles. The van der Waals surface area contributed by atoms with Gasteiger partial charge in [0.05, 0.1) is 5.69 Å². The number of carbonyl (C=O) groups excluding carboxylic acids is 3. The summed E-state index contributed by atoms with van der Waals surface area (Å²) in [6, 6.07) is 19.4. The van der Waals surface area contributed by atoms with Gasteiger partial charge in [-0.1, -0.05) is 29.8 Å². The third kappa shape index (κ3) is 4.65. The zero-order valence-electron chi connectivity index (χ0n) is 17.8. The van der Waals surface area contributed by atoms with Gasteiger partial charge in [-0.2, -0.15) is 0 Å². The second-order valence-electron chi connectivity index (χ2n) is 7.54. The molecule has 166 valence electrons. The molecule has 4 rings (SSSR count). The Kier molecular flexibility index (Phi) is 6.53. The summed E-state index contributed by atoms with van der Waals surface area (Å²) in [4.78, 5) is 39.3. The summed E-state index contributed by atoms with van der Waals surface area (Å²) < 4.78 is 1.09. The van der Waals surface area contributed by atoms with E-state index in [1.807, 2.05) is 44.2 Å². The Morgan fingerprint density at radius 3 is 2.27 bits per heavy atom. The van der Waals surface area contributed by atoms with E-state index < -0.39 is 11.8 Å². The standard InChI is InChI=1S/C25H19ClIN3O3/c1-14-5-3-4-6-20(14)30-24(32)21(26)22(25(30)33)28-18-10-7-16(8-11-18)23(31)29-19-12-9-17(27)13-15(19)2/h3-13,28H,1-2H3,(H,29,31). The van der Waals surface area contributed by atoms with Crippen LogP contribution < -0.4 is 15.5 Å². The Hall–Kier alpha value is -3.17. The van der Waals surface area contributed by atoms with E-state index in [4.69, 9.17) is 11.6 Å². The number of benzene rings is 3. The van der Waals surface area contributed by atoms with Gasteiger partial charge in [-0.25, -0.2) is 4.90 Å². The lowest BCUT2D eigenvalue weighted by Gasteiger charge is -2.17. The number of aryl methyl sites for hydroxylation is 2. The van der Waals surface area contributed by atoms with Crippen molar-refractivity contribution in [2.24, 2.45) is 0 Å². The molecule has 6 nitrogen and oxygen atoms in total. The minimum Gasteiger partial charge on any atom is -0.350 e. The highest BCUT2D eigenvalue weighted by molar-refractivity contribution is 14.1. The fourth-order valence-electron chi connectivity index (χ4n) is 3.46. The van der Waals surface area contributed by atoms with E-state index in [1.54, 1.807) is 36.4 Å².